The lowest BCUT2D eigenvalue weighted by molar-refractivity contribution is 0.0475. The van der Waals surface area contributed by atoms with Crippen molar-refractivity contribution in [2.24, 2.45) is 0 Å². The second-order valence-corrected chi connectivity index (χ2v) is 6.92. The molecule has 1 aromatic heterocycles. The summed E-state index contributed by atoms with van der Waals surface area (Å²) in [5.41, 5.74) is 2.76. The van der Waals surface area contributed by atoms with E-state index in [4.69, 9.17) is 4.74 Å². The monoisotopic (exact) mass is 356 g/mol. The topological polar surface area (TPSA) is 50.6 Å². The predicted octanol–water partition coefficient (Wildman–Crippen LogP) is 2.57. The van der Waals surface area contributed by atoms with Crippen LogP contribution in [0, 0.1) is 6.92 Å². The minimum absolute atomic E-state index is 0.0933. The van der Waals surface area contributed by atoms with E-state index in [-0.39, 0.29) is 11.9 Å². The SMILES string of the molecule is CCn1cc(C(=O)N2CCN(Cc3cccc(OC)c3)C[C@@H]2C)c(C)n1. The smallest absolute Gasteiger partial charge is 0.257 e. The van der Waals surface area contributed by atoms with Gasteiger partial charge in [0.1, 0.15) is 5.75 Å². The van der Waals surface area contributed by atoms with E-state index in [1.807, 2.05) is 41.8 Å². The van der Waals surface area contributed by atoms with Crippen LogP contribution >= 0.6 is 0 Å². The first-order chi connectivity index (χ1) is 12.5. The van der Waals surface area contributed by atoms with Crippen molar-refractivity contribution in [2.45, 2.75) is 39.9 Å². The molecule has 6 heteroatoms. The van der Waals surface area contributed by atoms with Crippen molar-refractivity contribution in [3.8, 4) is 5.75 Å². The van der Waals surface area contributed by atoms with Crippen LogP contribution in [0.3, 0.4) is 0 Å². The molecule has 1 aromatic carbocycles. The quantitative estimate of drug-likeness (QED) is 0.826. The fraction of sp³-hybridized carbons (Fsp3) is 0.500. The molecule has 2 aromatic rings. The van der Waals surface area contributed by atoms with Gasteiger partial charge in [-0.3, -0.25) is 14.4 Å². The number of benzene rings is 1. The lowest BCUT2D eigenvalue weighted by Crippen LogP contribution is -2.53. The van der Waals surface area contributed by atoms with Crippen LogP contribution < -0.4 is 4.74 Å². The van der Waals surface area contributed by atoms with E-state index in [1.54, 1.807) is 7.11 Å². The number of amides is 1. The highest BCUT2D eigenvalue weighted by Gasteiger charge is 2.29. The van der Waals surface area contributed by atoms with Gasteiger partial charge >= 0.3 is 0 Å². The van der Waals surface area contributed by atoms with E-state index in [1.165, 1.54) is 5.56 Å². The Balaban J connectivity index is 1.64. The Bertz CT molecular complexity index is 771. The van der Waals surface area contributed by atoms with E-state index in [9.17, 15) is 4.79 Å². The number of hydrogen-bond acceptors (Lipinski definition) is 4. The van der Waals surface area contributed by atoms with Crippen molar-refractivity contribution < 1.29 is 9.53 Å². The molecule has 3 rings (SSSR count). The van der Waals surface area contributed by atoms with E-state index in [2.05, 4.69) is 29.1 Å². The fourth-order valence-electron chi connectivity index (χ4n) is 3.55. The van der Waals surface area contributed by atoms with E-state index in [0.29, 0.717) is 0 Å². The lowest BCUT2D eigenvalue weighted by Gasteiger charge is -2.40. The normalized spacial score (nSPS) is 18.2. The summed E-state index contributed by atoms with van der Waals surface area (Å²) in [6, 6.07) is 8.34. The van der Waals surface area contributed by atoms with Crippen molar-refractivity contribution >= 4 is 5.91 Å². The maximum atomic E-state index is 12.9. The molecule has 0 unspecified atom stereocenters. The number of aryl methyl sites for hydroxylation is 2. The van der Waals surface area contributed by atoms with Crippen LogP contribution in [0.2, 0.25) is 0 Å². The highest BCUT2D eigenvalue weighted by atomic mass is 16.5. The number of rotatable bonds is 5. The maximum Gasteiger partial charge on any atom is 0.257 e. The second kappa shape index (κ2) is 7.91. The third-order valence-electron chi connectivity index (χ3n) is 5.01. The Morgan fingerprint density at radius 1 is 1.35 bits per heavy atom. The van der Waals surface area contributed by atoms with Crippen molar-refractivity contribution in [2.75, 3.05) is 26.7 Å². The highest BCUT2D eigenvalue weighted by Crippen LogP contribution is 2.19. The van der Waals surface area contributed by atoms with Gasteiger partial charge in [-0.15, -0.1) is 0 Å². The Labute approximate surface area is 155 Å². The minimum atomic E-state index is 0.0933. The maximum absolute atomic E-state index is 12.9. The molecule has 0 saturated carbocycles. The van der Waals surface area contributed by atoms with Gasteiger partial charge in [0, 0.05) is 45.0 Å². The van der Waals surface area contributed by atoms with Crippen molar-refractivity contribution in [3.63, 3.8) is 0 Å². The zero-order valence-corrected chi connectivity index (χ0v) is 16.1. The third-order valence-corrected chi connectivity index (χ3v) is 5.01. The fourth-order valence-corrected chi connectivity index (χ4v) is 3.55. The molecule has 2 heterocycles. The van der Waals surface area contributed by atoms with Gasteiger partial charge in [-0.05, 0) is 38.5 Å². The summed E-state index contributed by atoms with van der Waals surface area (Å²) in [4.78, 5) is 17.3. The van der Waals surface area contributed by atoms with E-state index >= 15 is 0 Å². The van der Waals surface area contributed by atoms with Gasteiger partial charge < -0.3 is 9.64 Å². The predicted molar refractivity (Wildman–Crippen MR) is 101 cm³/mol. The summed E-state index contributed by atoms with van der Waals surface area (Å²) >= 11 is 0. The van der Waals surface area contributed by atoms with Gasteiger partial charge in [0.2, 0.25) is 0 Å². The first-order valence-electron chi connectivity index (χ1n) is 9.22. The molecule has 1 atom stereocenters. The molecule has 26 heavy (non-hydrogen) atoms. The number of nitrogens with zero attached hydrogens (tertiary/aromatic N) is 4. The molecule has 0 radical (unpaired) electrons. The molecule has 1 fully saturated rings. The number of carbonyl (C=O) groups excluding carboxylic acids is 1. The number of piperazine rings is 1. The van der Waals surface area contributed by atoms with Crippen LogP contribution in [0.1, 0.15) is 35.5 Å². The van der Waals surface area contributed by atoms with E-state index in [0.717, 1.165) is 49.7 Å². The average Bonchev–Trinajstić information content (AvgIpc) is 3.02. The Hall–Kier alpha value is -2.34. The van der Waals surface area contributed by atoms with Crippen LogP contribution in [0.15, 0.2) is 30.5 Å². The Morgan fingerprint density at radius 3 is 2.81 bits per heavy atom. The van der Waals surface area contributed by atoms with Crippen molar-refractivity contribution in [1.29, 1.82) is 0 Å². The average molecular weight is 356 g/mol. The van der Waals surface area contributed by atoms with Crippen LogP contribution in [-0.2, 0) is 13.1 Å². The highest BCUT2D eigenvalue weighted by molar-refractivity contribution is 5.95. The Kier molecular flexibility index (Phi) is 5.61. The molecule has 0 N–H and O–H groups in total. The molecule has 1 amide bonds. The molecule has 1 aliphatic heterocycles. The summed E-state index contributed by atoms with van der Waals surface area (Å²) in [6.45, 7) is 10.2. The van der Waals surface area contributed by atoms with Gasteiger partial charge in [-0.25, -0.2) is 0 Å². The summed E-state index contributed by atoms with van der Waals surface area (Å²) in [7, 11) is 1.69. The number of carbonyl (C=O) groups is 1. The standard InChI is InChI=1S/C20H28N4O2/c1-5-23-14-19(16(3)21-23)20(25)24-10-9-22(12-15(24)2)13-17-7-6-8-18(11-17)26-4/h6-8,11,14-15H,5,9-10,12-13H2,1-4H3/t15-/m0/s1. The zero-order chi connectivity index (χ0) is 18.7. The molecule has 0 aliphatic carbocycles. The molecular formula is C20H28N4O2. The van der Waals surface area contributed by atoms with Crippen LogP contribution in [0.25, 0.3) is 0 Å². The van der Waals surface area contributed by atoms with Gasteiger partial charge in [-0.2, -0.15) is 5.10 Å². The van der Waals surface area contributed by atoms with Crippen molar-refractivity contribution in [3.05, 3.63) is 47.3 Å². The van der Waals surface area contributed by atoms with Gasteiger partial charge in [0.25, 0.3) is 5.91 Å². The van der Waals surface area contributed by atoms with Crippen molar-refractivity contribution in [1.82, 2.24) is 19.6 Å². The molecule has 140 valence electrons. The third kappa shape index (κ3) is 3.90. The largest absolute Gasteiger partial charge is 0.497 e. The zero-order valence-electron chi connectivity index (χ0n) is 16.1. The molecule has 0 bridgehead atoms. The summed E-state index contributed by atoms with van der Waals surface area (Å²) in [6.07, 6.45) is 1.87. The summed E-state index contributed by atoms with van der Waals surface area (Å²) in [5.74, 6) is 0.975. The number of methoxy groups -OCH3 is 1. The van der Waals surface area contributed by atoms with E-state index < -0.39 is 0 Å². The van der Waals surface area contributed by atoms with Crippen LogP contribution in [0.4, 0.5) is 0 Å². The first kappa shape index (κ1) is 18.5. The first-order valence-corrected chi connectivity index (χ1v) is 9.22. The van der Waals surface area contributed by atoms with Gasteiger partial charge in [0.05, 0.1) is 18.4 Å². The number of aromatic nitrogens is 2. The minimum Gasteiger partial charge on any atom is -0.497 e. The Morgan fingerprint density at radius 2 is 2.15 bits per heavy atom. The summed E-state index contributed by atoms with van der Waals surface area (Å²) in [5, 5.41) is 4.40. The molecule has 1 saturated heterocycles. The van der Waals surface area contributed by atoms with Gasteiger partial charge in [-0.1, -0.05) is 12.1 Å². The second-order valence-electron chi connectivity index (χ2n) is 6.92. The molecule has 6 nitrogen and oxygen atoms in total. The number of hydrogen-bond donors (Lipinski definition) is 0. The van der Waals surface area contributed by atoms with Gasteiger partial charge in [0.15, 0.2) is 0 Å². The molecule has 0 spiro atoms. The lowest BCUT2D eigenvalue weighted by atomic mass is 10.1. The molecular weight excluding hydrogens is 328 g/mol. The summed E-state index contributed by atoms with van der Waals surface area (Å²) < 4.78 is 7.13. The van der Waals surface area contributed by atoms with Crippen LogP contribution in [0.5, 0.6) is 5.75 Å². The molecule has 1 aliphatic rings. The number of ether oxygens (including phenoxy) is 1. The van der Waals surface area contributed by atoms with Crippen LogP contribution in [-0.4, -0.2) is 58.3 Å².